The zero-order chi connectivity index (χ0) is 12.6. The molecule has 0 aliphatic carbocycles. The highest BCUT2D eigenvalue weighted by atomic mass is 32.1. The first-order valence-corrected chi connectivity index (χ1v) is 6.84. The van der Waals surface area contributed by atoms with Crippen molar-refractivity contribution in [1.29, 1.82) is 0 Å². The molecule has 0 aliphatic heterocycles. The van der Waals surface area contributed by atoms with Crippen LogP contribution >= 0.6 is 11.3 Å². The van der Waals surface area contributed by atoms with E-state index in [1.54, 1.807) is 11.3 Å². The minimum Gasteiger partial charge on any atom is -0.381 e. The maximum atomic E-state index is 10.5. The van der Waals surface area contributed by atoms with E-state index >= 15 is 0 Å². The summed E-state index contributed by atoms with van der Waals surface area (Å²) in [5.41, 5.74) is 5.74. The molecule has 0 bridgehead atoms. The summed E-state index contributed by atoms with van der Waals surface area (Å²) in [6.07, 6.45) is 0.450. The van der Waals surface area contributed by atoms with E-state index in [0.717, 1.165) is 22.7 Å². The summed E-state index contributed by atoms with van der Waals surface area (Å²) in [5.74, 6) is 0. The quantitative estimate of drug-likeness (QED) is 0.856. The number of nitrogens with one attached hydrogen (secondary N) is 1. The highest BCUT2D eigenvalue weighted by Gasteiger charge is 2.20. The van der Waals surface area contributed by atoms with Crippen LogP contribution in [0.5, 0.6) is 0 Å². The van der Waals surface area contributed by atoms with E-state index in [1.807, 2.05) is 6.92 Å². The lowest BCUT2D eigenvalue weighted by Gasteiger charge is -2.11. The molecular weight excluding hydrogens is 230 g/mol. The molecule has 2 aromatic heterocycles. The Labute approximate surface area is 106 Å². The van der Waals surface area contributed by atoms with Crippen LogP contribution in [0.1, 0.15) is 46.0 Å². The Hall–Kier alpha value is -1.06. The molecule has 2 heterocycles. The normalized spacial score (nSPS) is 13.0. The Morgan fingerprint density at radius 1 is 1.29 bits per heavy atom. The largest absolute Gasteiger partial charge is 0.381 e. The molecule has 0 spiro atoms. The van der Waals surface area contributed by atoms with Crippen molar-refractivity contribution in [3.05, 3.63) is 44.4 Å². The van der Waals surface area contributed by atoms with Crippen molar-refractivity contribution >= 4 is 11.3 Å². The predicted molar refractivity (Wildman–Crippen MR) is 72.8 cm³/mol. The molecule has 2 aromatic rings. The number of hydrogen-bond donors (Lipinski definition) is 2. The minimum atomic E-state index is -0.516. The maximum Gasteiger partial charge on any atom is 0.128 e. The average Bonchev–Trinajstić information content (AvgIpc) is 2.89. The molecule has 0 aliphatic rings. The molecular formula is C14H19NOS. The van der Waals surface area contributed by atoms with E-state index in [-0.39, 0.29) is 0 Å². The van der Waals surface area contributed by atoms with Crippen molar-refractivity contribution in [2.75, 3.05) is 0 Å². The van der Waals surface area contributed by atoms with Gasteiger partial charge in [0.25, 0.3) is 0 Å². The van der Waals surface area contributed by atoms with Gasteiger partial charge in [0, 0.05) is 10.6 Å². The molecule has 0 radical (unpaired) electrons. The summed E-state index contributed by atoms with van der Waals surface area (Å²) in [7, 11) is 0. The monoisotopic (exact) mass is 249 g/mol. The van der Waals surface area contributed by atoms with Crippen molar-refractivity contribution in [3.8, 4) is 0 Å². The van der Waals surface area contributed by atoms with Crippen LogP contribution in [0.2, 0.25) is 0 Å². The summed E-state index contributed by atoms with van der Waals surface area (Å²) in [5, 5.41) is 12.5. The standard InChI is InChI=1S/C14H19NOS/c1-5-11-6-7-17-14(11)13(16)12-9(3)8(2)10(4)15-12/h6-7,13,15-16H,5H2,1-4H3. The van der Waals surface area contributed by atoms with Crippen LogP contribution in [0.4, 0.5) is 0 Å². The van der Waals surface area contributed by atoms with E-state index in [0.29, 0.717) is 0 Å². The fourth-order valence-electron chi connectivity index (χ4n) is 2.16. The topological polar surface area (TPSA) is 36.0 Å². The maximum absolute atomic E-state index is 10.5. The van der Waals surface area contributed by atoms with Gasteiger partial charge in [-0.1, -0.05) is 6.92 Å². The smallest absolute Gasteiger partial charge is 0.128 e. The summed E-state index contributed by atoms with van der Waals surface area (Å²) in [6.45, 7) is 8.33. The number of aromatic nitrogens is 1. The number of aliphatic hydroxyl groups is 1. The van der Waals surface area contributed by atoms with Gasteiger partial charge in [0.05, 0.1) is 5.69 Å². The molecule has 0 saturated carbocycles. The first-order chi connectivity index (χ1) is 8.06. The Balaban J connectivity index is 2.43. The SMILES string of the molecule is CCc1ccsc1C(O)c1[nH]c(C)c(C)c1C. The van der Waals surface area contributed by atoms with Gasteiger partial charge >= 0.3 is 0 Å². The molecule has 2 nitrogen and oxygen atoms in total. The van der Waals surface area contributed by atoms with Gasteiger partial charge in [-0.25, -0.2) is 0 Å². The first kappa shape index (κ1) is 12.4. The molecule has 0 aromatic carbocycles. The number of aliphatic hydroxyl groups excluding tert-OH is 1. The molecule has 0 fully saturated rings. The lowest BCUT2D eigenvalue weighted by Crippen LogP contribution is -2.02. The summed E-state index contributed by atoms with van der Waals surface area (Å²) < 4.78 is 0. The van der Waals surface area contributed by atoms with Crippen LogP contribution in [0.15, 0.2) is 11.4 Å². The molecule has 92 valence electrons. The van der Waals surface area contributed by atoms with Crippen molar-refractivity contribution in [3.63, 3.8) is 0 Å². The van der Waals surface area contributed by atoms with Crippen molar-refractivity contribution in [2.24, 2.45) is 0 Å². The van der Waals surface area contributed by atoms with Gasteiger partial charge < -0.3 is 10.1 Å². The molecule has 17 heavy (non-hydrogen) atoms. The fourth-order valence-corrected chi connectivity index (χ4v) is 3.15. The van der Waals surface area contributed by atoms with Crippen LogP contribution in [-0.2, 0) is 6.42 Å². The second-order valence-electron chi connectivity index (χ2n) is 4.48. The number of H-pyrrole nitrogens is 1. The third-order valence-electron chi connectivity index (χ3n) is 3.53. The van der Waals surface area contributed by atoms with Gasteiger partial charge in [-0.2, -0.15) is 0 Å². The molecule has 0 saturated heterocycles. The molecule has 1 unspecified atom stereocenters. The Morgan fingerprint density at radius 3 is 2.53 bits per heavy atom. The van der Waals surface area contributed by atoms with Crippen LogP contribution in [0.25, 0.3) is 0 Å². The number of thiophene rings is 1. The first-order valence-electron chi connectivity index (χ1n) is 5.96. The summed E-state index contributed by atoms with van der Waals surface area (Å²) in [6, 6.07) is 2.10. The average molecular weight is 249 g/mol. The third-order valence-corrected chi connectivity index (χ3v) is 4.55. The van der Waals surface area contributed by atoms with Gasteiger partial charge in [-0.15, -0.1) is 11.3 Å². The van der Waals surface area contributed by atoms with Gasteiger partial charge in [-0.05, 0) is 55.3 Å². The van der Waals surface area contributed by atoms with Crippen LogP contribution in [0, 0.1) is 20.8 Å². The van der Waals surface area contributed by atoms with E-state index in [2.05, 4.69) is 37.2 Å². The molecule has 2 N–H and O–H groups in total. The predicted octanol–water partition coefficient (Wildman–Crippen LogP) is 3.65. The van der Waals surface area contributed by atoms with Crippen molar-refractivity contribution in [2.45, 2.75) is 40.2 Å². The third kappa shape index (κ3) is 2.05. The minimum absolute atomic E-state index is 0.516. The van der Waals surface area contributed by atoms with E-state index in [9.17, 15) is 5.11 Å². The number of hydrogen-bond acceptors (Lipinski definition) is 2. The lowest BCUT2D eigenvalue weighted by molar-refractivity contribution is 0.218. The highest BCUT2D eigenvalue weighted by Crippen LogP contribution is 2.32. The van der Waals surface area contributed by atoms with Crippen LogP contribution in [-0.4, -0.2) is 10.1 Å². The highest BCUT2D eigenvalue weighted by molar-refractivity contribution is 7.10. The molecule has 3 heteroatoms. The zero-order valence-electron chi connectivity index (χ0n) is 10.8. The second kappa shape index (κ2) is 4.67. The van der Waals surface area contributed by atoms with Crippen LogP contribution < -0.4 is 0 Å². The number of aromatic amines is 1. The Morgan fingerprint density at radius 2 is 2.00 bits per heavy atom. The fraction of sp³-hybridized carbons (Fsp3) is 0.429. The van der Waals surface area contributed by atoms with Gasteiger partial charge in [0.2, 0.25) is 0 Å². The Kier molecular flexibility index (Phi) is 3.40. The van der Waals surface area contributed by atoms with Gasteiger partial charge in [0.15, 0.2) is 0 Å². The van der Waals surface area contributed by atoms with Gasteiger partial charge in [0.1, 0.15) is 6.10 Å². The summed E-state index contributed by atoms with van der Waals surface area (Å²) in [4.78, 5) is 4.38. The van der Waals surface area contributed by atoms with Crippen molar-refractivity contribution in [1.82, 2.24) is 4.98 Å². The van der Waals surface area contributed by atoms with E-state index in [1.165, 1.54) is 16.7 Å². The van der Waals surface area contributed by atoms with E-state index < -0.39 is 6.10 Å². The molecule has 2 rings (SSSR count). The summed E-state index contributed by atoms with van der Waals surface area (Å²) >= 11 is 1.63. The van der Waals surface area contributed by atoms with E-state index in [4.69, 9.17) is 0 Å². The molecule has 1 atom stereocenters. The Bertz CT molecular complexity index is 524. The van der Waals surface area contributed by atoms with Gasteiger partial charge in [-0.3, -0.25) is 0 Å². The lowest BCUT2D eigenvalue weighted by atomic mass is 10.0. The van der Waals surface area contributed by atoms with Crippen molar-refractivity contribution < 1.29 is 5.11 Å². The second-order valence-corrected chi connectivity index (χ2v) is 5.43. The van der Waals surface area contributed by atoms with Crippen LogP contribution in [0.3, 0.4) is 0 Å². The number of rotatable bonds is 3. The number of aryl methyl sites for hydroxylation is 2. The molecule has 0 amide bonds. The zero-order valence-corrected chi connectivity index (χ0v) is 11.6.